The third-order valence-corrected chi connectivity index (χ3v) is 8.11. The second-order valence-corrected chi connectivity index (χ2v) is 11.2. The average molecular weight is 544 g/mol. The van der Waals surface area contributed by atoms with Gasteiger partial charge in [-0.3, -0.25) is 4.79 Å². The predicted molar refractivity (Wildman–Crippen MR) is 136 cm³/mol. The molecule has 1 saturated heterocycles. The van der Waals surface area contributed by atoms with E-state index in [1.165, 1.54) is 34.8 Å². The minimum absolute atomic E-state index is 0.00528. The Kier molecular flexibility index (Phi) is 6.21. The highest BCUT2D eigenvalue weighted by atomic mass is 35.5. The number of carbonyl (C=O) groups is 2. The molecule has 12 heteroatoms. The molecule has 4 heterocycles. The molecular weight excluding hydrogens is 521 g/mol. The topological polar surface area (TPSA) is 113 Å². The van der Waals surface area contributed by atoms with E-state index in [0.717, 1.165) is 36.9 Å². The molecule has 4 aromatic rings. The summed E-state index contributed by atoms with van der Waals surface area (Å²) < 4.78 is 22.7. The Morgan fingerprint density at radius 2 is 1.97 bits per heavy atom. The number of benzene rings is 1. The fraction of sp³-hybridized carbons (Fsp3) is 0.360. The van der Waals surface area contributed by atoms with Gasteiger partial charge in [-0.15, -0.1) is 11.3 Å². The highest BCUT2D eigenvalue weighted by Crippen LogP contribution is 2.32. The number of amides is 1. The van der Waals surface area contributed by atoms with Crippen molar-refractivity contribution < 1.29 is 23.6 Å². The number of piperidine rings is 1. The summed E-state index contributed by atoms with van der Waals surface area (Å²) in [6.07, 6.45) is 4.15. The SMILES string of the molecule is O=C(O)c1cc(F)c2c(c1)nc(C(=O)NC1CCN(C3CC3)CC1)n2Cc1cc(-c2ccc(Cl)s2)on1. The standard InChI is InChI=1S/C25H23ClFN5O4S/c26-21-4-3-20(37-21)19-11-15(30-36-19)12-32-22-17(27)9-13(25(34)35)10-18(22)29-23(32)24(33)28-14-5-7-31(8-6-14)16-1-2-16/h3-4,9-11,14,16H,1-2,5-8,12H2,(H,28,33)(H,34,35). The van der Waals surface area contributed by atoms with E-state index in [1.807, 2.05) is 6.07 Å². The normalized spacial score (nSPS) is 16.9. The van der Waals surface area contributed by atoms with E-state index < -0.39 is 17.7 Å². The number of hydrogen-bond donors (Lipinski definition) is 2. The van der Waals surface area contributed by atoms with Gasteiger partial charge in [-0.1, -0.05) is 16.8 Å². The van der Waals surface area contributed by atoms with E-state index in [1.54, 1.807) is 12.1 Å². The molecule has 1 aliphatic carbocycles. The van der Waals surface area contributed by atoms with Crippen molar-refractivity contribution in [2.24, 2.45) is 0 Å². The second-order valence-electron chi connectivity index (χ2n) is 9.45. The highest BCUT2D eigenvalue weighted by molar-refractivity contribution is 7.19. The lowest BCUT2D eigenvalue weighted by molar-refractivity contribution is 0.0696. The lowest BCUT2D eigenvalue weighted by atomic mass is 10.0. The van der Waals surface area contributed by atoms with E-state index >= 15 is 4.39 Å². The van der Waals surface area contributed by atoms with Gasteiger partial charge in [-0.25, -0.2) is 14.2 Å². The molecule has 1 amide bonds. The minimum atomic E-state index is -1.28. The van der Waals surface area contributed by atoms with Crippen molar-refractivity contribution in [3.8, 4) is 10.6 Å². The number of hydrogen-bond acceptors (Lipinski definition) is 7. The van der Waals surface area contributed by atoms with Crippen LogP contribution in [0.15, 0.2) is 34.9 Å². The zero-order valence-electron chi connectivity index (χ0n) is 19.6. The van der Waals surface area contributed by atoms with Crippen molar-refractivity contribution in [1.82, 2.24) is 24.9 Å². The van der Waals surface area contributed by atoms with E-state index in [0.29, 0.717) is 21.8 Å². The summed E-state index contributed by atoms with van der Waals surface area (Å²) in [4.78, 5) is 32.5. The number of thiophene rings is 1. The molecule has 192 valence electrons. The maximum Gasteiger partial charge on any atom is 0.335 e. The number of carboxylic acids is 1. The molecule has 0 bridgehead atoms. The third-order valence-electron chi connectivity index (χ3n) is 6.87. The van der Waals surface area contributed by atoms with Crippen LogP contribution in [0.3, 0.4) is 0 Å². The summed E-state index contributed by atoms with van der Waals surface area (Å²) in [6.45, 7) is 1.86. The van der Waals surface area contributed by atoms with Crippen LogP contribution in [0.4, 0.5) is 4.39 Å². The molecule has 1 aliphatic heterocycles. The molecule has 0 radical (unpaired) electrons. The monoisotopic (exact) mass is 543 g/mol. The molecule has 0 atom stereocenters. The molecular formula is C25H23ClFN5O4S. The van der Waals surface area contributed by atoms with Crippen LogP contribution in [0, 0.1) is 5.82 Å². The number of rotatable bonds is 7. The van der Waals surface area contributed by atoms with Crippen LogP contribution in [0.1, 0.15) is 52.4 Å². The van der Waals surface area contributed by atoms with Gasteiger partial charge in [-0.2, -0.15) is 0 Å². The van der Waals surface area contributed by atoms with Crippen molar-refractivity contribution in [1.29, 1.82) is 0 Å². The highest BCUT2D eigenvalue weighted by Gasteiger charge is 2.33. The van der Waals surface area contributed by atoms with Crippen LogP contribution in [0.5, 0.6) is 0 Å². The fourth-order valence-electron chi connectivity index (χ4n) is 4.88. The molecule has 1 saturated carbocycles. The van der Waals surface area contributed by atoms with Gasteiger partial charge in [0, 0.05) is 31.2 Å². The summed E-state index contributed by atoms with van der Waals surface area (Å²) in [5.41, 5.74) is 0.321. The first-order valence-electron chi connectivity index (χ1n) is 12.0. The van der Waals surface area contributed by atoms with Crippen molar-refractivity contribution >= 4 is 45.8 Å². The molecule has 0 unspecified atom stereocenters. The molecule has 6 rings (SSSR count). The average Bonchev–Trinajstić information content (AvgIpc) is 3.27. The van der Waals surface area contributed by atoms with Crippen LogP contribution in [0.25, 0.3) is 21.7 Å². The van der Waals surface area contributed by atoms with E-state index in [9.17, 15) is 14.7 Å². The van der Waals surface area contributed by atoms with Crippen LogP contribution in [0.2, 0.25) is 4.34 Å². The summed E-state index contributed by atoms with van der Waals surface area (Å²) in [5.74, 6) is -2.01. The van der Waals surface area contributed by atoms with Gasteiger partial charge >= 0.3 is 5.97 Å². The van der Waals surface area contributed by atoms with Crippen molar-refractivity contribution in [2.75, 3.05) is 13.1 Å². The van der Waals surface area contributed by atoms with Gasteiger partial charge in [0.25, 0.3) is 5.91 Å². The summed E-state index contributed by atoms with van der Waals surface area (Å²) in [7, 11) is 0. The zero-order valence-corrected chi connectivity index (χ0v) is 21.2. The Morgan fingerprint density at radius 3 is 2.65 bits per heavy atom. The van der Waals surface area contributed by atoms with Crippen LogP contribution in [-0.2, 0) is 6.54 Å². The first-order chi connectivity index (χ1) is 17.9. The lowest BCUT2D eigenvalue weighted by Gasteiger charge is -2.32. The number of carbonyl (C=O) groups excluding carboxylic acids is 1. The fourth-order valence-corrected chi connectivity index (χ4v) is 5.87. The Hall–Kier alpha value is -3.28. The summed E-state index contributed by atoms with van der Waals surface area (Å²) in [6, 6.07) is 8.13. The van der Waals surface area contributed by atoms with Crippen molar-refractivity contribution in [2.45, 2.75) is 44.3 Å². The third kappa shape index (κ3) is 4.86. The number of aromatic nitrogens is 3. The van der Waals surface area contributed by atoms with E-state index in [4.69, 9.17) is 16.1 Å². The Morgan fingerprint density at radius 1 is 1.19 bits per heavy atom. The van der Waals surface area contributed by atoms with Gasteiger partial charge in [0.15, 0.2) is 11.6 Å². The van der Waals surface area contributed by atoms with Crippen molar-refractivity contribution in [3.63, 3.8) is 0 Å². The number of aromatic carboxylic acids is 1. The smallest absolute Gasteiger partial charge is 0.335 e. The Labute approximate surface area is 219 Å². The van der Waals surface area contributed by atoms with Crippen molar-refractivity contribution in [3.05, 3.63) is 57.6 Å². The van der Waals surface area contributed by atoms with E-state index in [-0.39, 0.29) is 35.0 Å². The van der Waals surface area contributed by atoms with Gasteiger partial charge in [0.2, 0.25) is 0 Å². The van der Waals surface area contributed by atoms with Crippen LogP contribution < -0.4 is 5.32 Å². The second kappa shape index (κ2) is 9.55. The zero-order chi connectivity index (χ0) is 25.7. The van der Waals surface area contributed by atoms with Crippen LogP contribution >= 0.6 is 22.9 Å². The molecule has 37 heavy (non-hydrogen) atoms. The molecule has 2 aliphatic rings. The number of nitrogens with one attached hydrogen (secondary N) is 1. The van der Waals surface area contributed by atoms with Gasteiger partial charge < -0.3 is 24.4 Å². The van der Waals surface area contributed by atoms with E-state index in [2.05, 4.69) is 20.4 Å². The first kappa shape index (κ1) is 24.1. The maximum atomic E-state index is 15.2. The molecule has 9 nitrogen and oxygen atoms in total. The summed E-state index contributed by atoms with van der Waals surface area (Å²) in [5, 5.41) is 16.5. The molecule has 1 aromatic carbocycles. The molecule has 2 fully saturated rings. The molecule has 2 N–H and O–H groups in total. The summed E-state index contributed by atoms with van der Waals surface area (Å²) >= 11 is 7.36. The van der Waals surface area contributed by atoms with Gasteiger partial charge in [0.1, 0.15) is 17.0 Å². The van der Waals surface area contributed by atoms with Gasteiger partial charge in [0.05, 0.1) is 26.8 Å². The predicted octanol–water partition coefficient (Wildman–Crippen LogP) is 4.65. The van der Waals surface area contributed by atoms with Gasteiger partial charge in [-0.05, 0) is 49.9 Å². The number of carboxylic acid groups (broad SMARTS) is 1. The lowest BCUT2D eigenvalue weighted by Crippen LogP contribution is -2.45. The number of likely N-dealkylation sites (tertiary alicyclic amines) is 1. The number of halogens is 2. The largest absolute Gasteiger partial charge is 0.478 e. The Balaban J connectivity index is 1.31. The van der Waals surface area contributed by atoms with Crippen LogP contribution in [-0.4, -0.2) is 61.8 Å². The first-order valence-corrected chi connectivity index (χ1v) is 13.2. The minimum Gasteiger partial charge on any atom is -0.478 e. The number of imidazole rings is 1. The maximum absolute atomic E-state index is 15.2. The quantitative estimate of drug-likeness (QED) is 0.349. The number of fused-ring (bicyclic) bond motifs is 1. The molecule has 3 aromatic heterocycles. The number of nitrogens with zero attached hydrogens (tertiary/aromatic N) is 4. The molecule has 0 spiro atoms. The Bertz CT molecular complexity index is 1500.